The summed E-state index contributed by atoms with van der Waals surface area (Å²) in [6, 6.07) is 8.31. The lowest BCUT2D eigenvalue weighted by molar-refractivity contribution is 0.0600. The third-order valence-electron chi connectivity index (χ3n) is 5.25. The first kappa shape index (κ1) is 23.2. The van der Waals surface area contributed by atoms with Gasteiger partial charge in [-0.3, -0.25) is 0 Å². The number of nitrogens with one attached hydrogen (secondary N) is 1. The van der Waals surface area contributed by atoms with E-state index in [1.54, 1.807) is 18.3 Å². The van der Waals surface area contributed by atoms with E-state index in [0.717, 1.165) is 48.7 Å². The molecule has 1 saturated heterocycles. The topological polar surface area (TPSA) is 54.5 Å². The third-order valence-corrected chi connectivity index (χ3v) is 6.41. The first-order chi connectivity index (χ1) is 14.8. The monoisotopic (exact) mass is 441 g/mol. The van der Waals surface area contributed by atoms with Crippen LogP contribution in [0.25, 0.3) is 5.57 Å². The average Bonchev–Trinajstić information content (AvgIpc) is 3.25. The van der Waals surface area contributed by atoms with Gasteiger partial charge in [-0.25, -0.2) is 14.2 Å². The molecule has 1 N–H and O–H groups in total. The zero-order valence-corrected chi connectivity index (χ0v) is 19.9. The minimum Gasteiger partial charge on any atom is -0.465 e. The number of halogens is 1. The molecule has 0 bridgehead atoms. The molecule has 0 radical (unpaired) electrons. The molecule has 2 heterocycles. The van der Waals surface area contributed by atoms with E-state index in [0.29, 0.717) is 5.56 Å². The summed E-state index contributed by atoms with van der Waals surface area (Å²) in [5.74, 6) is 0.0194. The number of ether oxygens (including phenoxy) is 1. The van der Waals surface area contributed by atoms with Crippen molar-refractivity contribution >= 4 is 25.4 Å². The molecule has 1 aromatic carbocycles. The van der Waals surface area contributed by atoms with Gasteiger partial charge >= 0.3 is 5.97 Å². The van der Waals surface area contributed by atoms with Crippen LogP contribution in [0.1, 0.15) is 34.3 Å². The van der Waals surface area contributed by atoms with Crippen molar-refractivity contribution < 1.29 is 13.9 Å². The number of aromatic nitrogens is 1. The summed E-state index contributed by atoms with van der Waals surface area (Å²) in [5, 5.41) is 3.47. The van der Waals surface area contributed by atoms with E-state index in [1.807, 2.05) is 6.07 Å². The highest BCUT2D eigenvalue weighted by molar-refractivity contribution is 6.81. The third kappa shape index (κ3) is 6.48. The van der Waals surface area contributed by atoms with Crippen molar-refractivity contribution in [3.05, 3.63) is 64.7 Å². The van der Waals surface area contributed by atoms with Crippen LogP contribution < -0.4 is 5.32 Å². The number of rotatable bonds is 8. The second-order valence-electron chi connectivity index (χ2n) is 9.02. The quantitative estimate of drug-likeness (QED) is 0.470. The molecule has 1 aliphatic rings. The Morgan fingerprint density at radius 3 is 2.48 bits per heavy atom. The van der Waals surface area contributed by atoms with Gasteiger partial charge in [-0.05, 0) is 55.3 Å². The van der Waals surface area contributed by atoms with Crippen LogP contribution in [0, 0.1) is 5.82 Å². The van der Waals surface area contributed by atoms with Crippen molar-refractivity contribution in [3.63, 3.8) is 0 Å². The number of pyridine rings is 1. The molecule has 2 aromatic rings. The number of carbonyl (C=O) groups is 1. The smallest absolute Gasteiger partial charge is 0.339 e. The Morgan fingerprint density at radius 2 is 1.87 bits per heavy atom. The van der Waals surface area contributed by atoms with Gasteiger partial charge in [-0.2, -0.15) is 0 Å². The maximum absolute atomic E-state index is 13.6. The van der Waals surface area contributed by atoms with Crippen molar-refractivity contribution in [1.29, 1.82) is 0 Å². The van der Waals surface area contributed by atoms with Crippen molar-refractivity contribution in [2.75, 3.05) is 38.6 Å². The standard InChI is InChI=1S/C24H32FN3O2Si/c1-30-24(29)19-15-21(23(27-16-19)26-11-14-28-12-5-6-13-28)22(17-31(2,3)4)18-7-9-20(25)10-8-18/h7-10,15-17H,5-6,11-14H2,1-4H3,(H,26,27)/b22-17+. The Bertz CT molecular complexity index is 933. The average molecular weight is 442 g/mol. The van der Waals surface area contributed by atoms with E-state index in [1.165, 1.54) is 32.1 Å². The van der Waals surface area contributed by atoms with Gasteiger partial charge in [0.05, 0.1) is 20.7 Å². The summed E-state index contributed by atoms with van der Waals surface area (Å²) >= 11 is 0. The van der Waals surface area contributed by atoms with E-state index < -0.39 is 14.0 Å². The molecule has 0 unspecified atom stereocenters. The minimum atomic E-state index is -1.66. The first-order valence-electron chi connectivity index (χ1n) is 10.8. The summed E-state index contributed by atoms with van der Waals surface area (Å²) < 4.78 is 18.5. The number of carbonyl (C=O) groups excluding carboxylic acids is 1. The molecule has 5 nitrogen and oxygen atoms in total. The van der Waals surface area contributed by atoms with E-state index in [-0.39, 0.29) is 5.82 Å². The van der Waals surface area contributed by atoms with Crippen molar-refractivity contribution in [1.82, 2.24) is 9.88 Å². The maximum Gasteiger partial charge on any atom is 0.339 e. The summed E-state index contributed by atoms with van der Waals surface area (Å²) in [7, 11) is -0.299. The number of anilines is 1. The molecule has 1 aliphatic heterocycles. The number of esters is 1. The molecule has 0 saturated carbocycles. The van der Waals surface area contributed by atoms with Gasteiger partial charge < -0.3 is 15.0 Å². The normalized spacial score (nSPS) is 15.2. The Labute approximate surface area is 185 Å². The highest BCUT2D eigenvalue weighted by Gasteiger charge is 2.20. The Balaban J connectivity index is 2.01. The molecule has 7 heteroatoms. The number of hydrogen-bond acceptors (Lipinski definition) is 5. The van der Waals surface area contributed by atoms with Crippen LogP contribution in [0.3, 0.4) is 0 Å². The fourth-order valence-corrected chi connectivity index (χ4v) is 4.95. The number of methoxy groups -OCH3 is 1. The zero-order valence-electron chi connectivity index (χ0n) is 18.9. The van der Waals surface area contributed by atoms with Crippen molar-refractivity contribution in [2.45, 2.75) is 32.5 Å². The highest BCUT2D eigenvalue weighted by atomic mass is 28.3. The minimum absolute atomic E-state index is 0.276. The fourth-order valence-electron chi connectivity index (χ4n) is 3.76. The summed E-state index contributed by atoms with van der Waals surface area (Å²) in [6.45, 7) is 10.7. The molecule has 0 amide bonds. The molecular weight excluding hydrogens is 409 g/mol. The molecule has 166 valence electrons. The van der Waals surface area contributed by atoms with Gasteiger partial charge in [0.15, 0.2) is 0 Å². The number of hydrogen-bond donors (Lipinski definition) is 1. The molecule has 0 aliphatic carbocycles. The van der Waals surface area contributed by atoms with Gasteiger partial charge in [0.1, 0.15) is 11.6 Å². The summed E-state index contributed by atoms with van der Waals surface area (Å²) in [4.78, 5) is 19.2. The lowest BCUT2D eigenvalue weighted by Crippen LogP contribution is -2.26. The number of nitrogens with zero attached hydrogens (tertiary/aromatic N) is 2. The summed E-state index contributed by atoms with van der Waals surface area (Å²) in [5.41, 5.74) is 5.35. The van der Waals surface area contributed by atoms with Crippen LogP contribution in [-0.4, -0.2) is 57.2 Å². The van der Waals surface area contributed by atoms with Crippen LogP contribution in [0.4, 0.5) is 10.2 Å². The van der Waals surface area contributed by atoms with E-state index in [9.17, 15) is 9.18 Å². The molecule has 3 rings (SSSR count). The molecular formula is C24H32FN3O2Si. The second-order valence-corrected chi connectivity index (χ2v) is 14.0. The van der Waals surface area contributed by atoms with Crippen LogP contribution in [0.5, 0.6) is 0 Å². The molecule has 1 fully saturated rings. The molecule has 1 aromatic heterocycles. The van der Waals surface area contributed by atoms with Crippen LogP contribution in [0.15, 0.2) is 42.2 Å². The van der Waals surface area contributed by atoms with Gasteiger partial charge in [-0.1, -0.05) is 37.5 Å². The second kappa shape index (κ2) is 10.2. The zero-order chi connectivity index (χ0) is 22.4. The predicted octanol–water partition coefficient (Wildman–Crippen LogP) is 4.82. The number of likely N-dealkylation sites (tertiary alicyclic amines) is 1. The van der Waals surface area contributed by atoms with E-state index in [2.05, 4.69) is 40.5 Å². The van der Waals surface area contributed by atoms with Crippen LogP contribution >= 0.6 is 0 Å². The summed E-state index contributed by atoms with van der Waals surface area (Å²) in [6.07, 6.45) is 4.06. The first-order valence-corrected chi connectivity index (χ1v) is 14.4. The maximum atomic E-state index is 13.6. The van der Waals surface area contributed by atoms with Crippen LogP contribution in [0.2, 0.25) is 19.6 Å². The SMILES string of the molecule is COC(=O)c1cnc(NCCN2CCCC2)c(/C(=C/[Si](C)(C)C)c2ccc(F)cc2)c1. The molecule has 0 atom stereocenters. The molecule has 31 heavy (non-hydrogen) atoms. The lowest BCUT2D eigenvalue weighted by atomic mass is 9.98. The van der Waals surface area contributed by atoms with Crippen molar-refractivity contribution in [3.8, 4) is 0 Å². The predicted molar refractivity (Wildman–Crippen MR) is 127 cm³/mol. The van der Waals surface area contributed by atoms with E-state index >= 15 is 0 Å². The Kier molecular flexibility index (Phi) is 7.62. The lowest BCUT2D eigenvalue weighted by Gasteiger charge is -2.20. The largest absolute Gasteiger partial charge is 0.465 e. The van der Waals surface area contributed by atoms with Crippen LogP contribution in [-0.2, 0) is 4.74 Å². The van der Waals surface area contributed by atoms with Gasteiger partial charge in [-0.15, -0.1) is 0 Å². The Morgan fingerprint density at radius 1 is 1.19 bits per heavy atom. The Hall–Kier alpha value is -2.51. The van der Waals surface area contributed by atoms with Gasteiger partial charge in [0, 0.05) is 24.8 Å². The highest BCUT2D eigenvalue weighted by Crippen LogP contribution is 2.31. The fraction of sp³-hybridized carbons (Fsp3) is 0.417. The number of benzene rings is 1. The van der Waals surface area contributed by atoms with Crippen molar-refractivity contribution in [2.24, 2.45) is 0 Å². The van der Waals surface area contributed by atoms with Gasteiger partial charge in [0.25, 0.3) is 0 Å². The molecule has 0 spiro atoms. The van der Waals surface area contributed by atoms with E-state index in [4.69, 9.17) is 4.74 Å². The van der Waals surface area contributed by atoms with Gasteiger partial charge in [0.2, 0.25) is 0 Å².